The van der Waals surface area contributed by atoms with Crippen LogP contribution in [0.5, 0.6) is 0 Å². The van der Waals surface area contributed by atoms with E-state index in [0.29, 0.717) is 12.4 Å². The lowest BCUT2D eigenvalue weighted by Crippen LogP contribution is -2.36. The Morgan fingerprint density at radius 1 is 1.06 bits per heavy atom. The van der Waals surface area contributed by atoms with Gasteiger partial charge in [0, 0.05) is 11.9 Å². The van der Waals surface area contributed by atoms with Gasteiger partial charge in [0.15, 0.2) is 0 Å². The van der Waals surface area contributed by atoms with E-state index in [2.05, 4.69) is 0 Å². The minimum Gasteiger partial charge on any atom is -0.292 e. The van der Waals surface area contributed by atoms with Gasteiger partial charge in [0.05, 0.1) is 6.54 Å². The zero-order valence-electron chi connectivity index (χ0n) is 9.40. The van der Waals surface area contributed by atoms with Gasteiger partial charge in [-0.05, 0) is 32.2 Å². The summed E-state index contributed by atoms with van der Waals surface area (Å²) in [4.78, 5) is 1.58. The Labute approximate surface area is 99.9 Å². The minimum atomic E-state index is -4.06. The van der Waals surface area contributed by atoms with E-state index in [9.17, 15) is 13.2 Å². The van der Waals surface area contributed by atoms with Crippen LogP contribution in [0.1, 0.15) is 38.5 Å². The highest BCUT2D eigenvalue weighted by Gasteiger charge is 2.37. The molecular formula is C11H19ClF3N. The van der Waals surface area contributed by atoms with Crippen molar-refractivity contribution in [3.05, 3.63) is 0 Å². The Hall–Kier alpha value is 0.0400. The van der Waals surface area contributed by atoms with Crippen molar-refractivity contribution in [2.24, 2.45) is 0 Å². The first-order chi connectivity index (χ1) is 7.53. The number of alkyl halides is 4. The molecule has 5 heteroatoms. The number of hydrogen-bond acceptors (Lipinski definition) is 1. The Bertz CT molecular complexity index is 192. The predicted molar refractivity (Wildman–Crippen MR) is 59.8 cm³/mol. The van der Waals surface area contributed by atoms with Gasteiger partial charge >= 0.3 is 6.18 Å². The molecule has 0 bridgehead atoms. The maximum Gasteiger partial charge on any atom is 0.401 e. The normalized spacial score (nSPS) is 17.1. The van der Waals surface area contributed by atoms with Crippen LogP contribution in [0.25, 0.3) is 0 Å². The summed E-state index contributed by atoms with van der Waals surface area (Å²) in [6, 6.07) is 0.189. The summed E-state index contributed by atoms with van der Waals surface area (Å²) in [7, 11) is 0. The molecule has 16 heavy (non-hydrogen) atoms. The third-order valence-corrected chi connectivity index (χ3v) is 3.04. The van der Waals surface area contributed by atoms with Crippen LogP contribution in [-0.2, 0) is 0 Å². The molecule has 0 spiro atoms. The molecule has 1 rings (SSSR count). The van der Waals surface area contributed by atoms with Crippen molar-refractivity contribution >= 4 is 11.6 Å². The van der Waals surface area contributed by atoms with E-state index in [1.807, 2.05) is 0 Å². The molecule has 0 radical (unpaired) electrons. The smallest absolute Gasteiger partial charge is 0.292 e. The first-order valence-corrected chi connectivity index (χ1v) is 6.43. The van der Waals surface area contributed by atoms with E-state index in [1.54, 1.807) is 4.90 Å². The van der Waals surface area contributed by atoms with Gasteiger partial charge in [0.25, 0.3) is 0 Å². The molecule has 1 nitrogen and oxygen atoms in total. The van der Waals surface area contributed by atoms with Crippen molar-refractivity contribution in [2.45, 2.75) is 50.7 Å². The fraction of sp³-hybridized carbons (Fsp3) is 1.00. The van der Waals surface area contributed by atoms with Gasteiger partial charge in [-0.3, -0.25) is 4.90 Å². The topological polar surface area (TPSA) is 3.24 Å². The SMILES string of the molecule is FC(F)(F)CN(CCCCCCCl)C1CC1. The molecule has 0 saturated heterocycles. The average Bonchev–Trinajstić information content (AvgIpc) is 2.97. The molecule has 0 amide bonds. The third-order valence-electron chi connectivity index (χ3n) is 2.77. The van der Waals surface area contributed by atoms with Crippen molar-refractivity contribution in [1.29, 1.82) is 0 Å². The Balaban J connectivity index is 2.13. The predicted octanol–water partition coefficient (Wildman–Crippen LogP) is 3.81. The van der Waals surface area contributed by atoms with Crippen LogP contribution in [0.3, 0.4) is 0 Å². The second kappa shape index (κ2) is 6.70. The number of nitrogens with zero attached hydrogens (tertiary/aromatic N) is 1. The number of rotatable bonds is 8. The molecule has 0 N–H and O–H groups in total. The fourth-order valence-electron chi connectivity index (χ4n) is 1.82. The first kappa shape index (κ1) is 14.1. The second-order valence-electron chi connectivity index (χ2n) is 4.42. The van der Waals surface area contributed by atoms with Crippen molar-refractivity contribution < 1.29 is 13.2 Å². The van der Waals surface area contributed by atoms with Gasteiger partial charge in [0.2, 0.25) is 0 Å². The summed E-state index contributed by atoms with van der Waals surface area (Å²) in [5, 5.41) is 0. The number of halogens is 4. The van der Waals surface area contributed by atoms with E-state index in [-0.39, 0.29) is 6.04 Å². The monoisotopic (exact) mass is 257 g/mol. The first-order valence-electron chi connectivity index (χ1n) is 5.89. The van der Waals surface area contributed by atoms with Gasteiger partial charge in [-0.15, -0.1) is 11.6 Å². The minimum absolute atomic E-state index is 0.189. The van der Waals surface area contributed by atoms with E-state index < -0.39 is 12.7 Å². The summed E-state index contributed by atoms with van der Waals surface area (Å²) < 4.78 is 36.8. The molecule has 96 valence electrons. The van der Waals surface area contributed by atoms with Gasteiger partial charge < -0.3 is 0 Å². The maximum absolute atomic E-state index is 12.3. The van der Waals surface area contributed by atoms with E-state index >= 15 is 0 Å². The molecule has 0 aromatic rings. The molecule has 1 aliphatic carbocycles. The third kappa shape index (κ3) is 6.59. The second-order valence-corrected chi connectivity index (χ2v) is 4.80. The average molecular weight is 258 g/mol. The summed E-state index contributed by atoms with van der Waals surface area (Å²) in [6.07, 6.45) is 1.61. The molecule has 1 saturated carbocycles. The van der Waals surface area contributed by atoms with Gasteiger partial charge in [0.1, 0.15) is 0 Å². The van der Waals surface area contributed by atoms with Gasteiger partial charge in [-0.1, -0.05) is 12.8 Å². The Kier molecular flexibility index (Phi) is 5.90. The molecular weight excluding hydrogens is 239 g/mol. The van der Waals surface area contributed by atoms with Crippen molar-refractivity contribution in [3.8, 4) is 0 Å². The highest BCUT2D eigenvalue weighted by molar-refractivity contribution is 6.17. The van der Waals surface area contributed by atoms with E-state index in [1.165, 1.54) is 0 Å². The van der Waals surface area contributed by atoms with E-state index in [0.717, 1.165) is 38.5 Å². The van der Waals surface area contributed by atoms with Crippen molar-refractivity contribution in [3.63, 3.8) is 0 Å². The summed E-state index contributed by atoms with van der Waals surface area (Å²) in [5.74, 6) is 0.648. The Morgan fingerprint density at radius 2 is 1.69 bits per heavy atom. The van der Waals surface area contributed by atoms with Gasteiger partial charge in [-0.2, -0.15) is 13.2 Å². The van der Waals surface area contributed by atoms with Crippen molar-refractivity contribution in [2.75, 3.05) is 19.0 Å². The maximum atomic E-state index is 12.3. The van der Waals surface area contributed by atoms with Crippen molar-refractivity contribution in [1.82, 2.24) is 4.90 Å². The summed E-state index contributed by atoms with van der Waals surface area (Å²) in [5.41, 5.74) is 0. The molecule has 1 aliphatic rings. The number of hydrogen-bond donors (Lipinski definition) is 0. The molecule has 0 unspecified atom stereocenters. The highest BCUT2D eigenvalue weighted by Crippen LogP contribution is 2.30. The molecule has 0 aromatic carbocycles. The molecule has 0 aliphatic heterocycles. The fourth-order valence-corrected chi connectivity index (χ4v) is 2.01. The summed E-state index contributed by atoms with van der Waals surface area (Å²) in [6.45, 7) is -0.167. The van der Waals surface area contributed by atoms with Crippen LogP contribution in [0.4, 0.5) is 13.2 Å². The molecule has 0 heterocycles. The lowest BCUT2D eigenvalue weighted by atomic mass is 10.2. The van der Waals surface area contributed by atoms with E-state index in [4.69, 9.17) is 11.6 Å². The Morgan fingerprint density at radius 3 is 2.19 bits per heavy atom. The zero-order chi connectivity index (χ0) is 12.0. The van der Waals surface area contributed by atoms with Crippen LogP contribution < -0.4 is 0 Å². The highest BCUT2D eigenvalue weighted by atomic mass is 35.5. The standard InChI is InChI=1S/C11H19ClF3N/c12-7-3-1-2-4-8-16(10-5-6-10)9-11(13,14)15/h10H,1-9H2. The van der Waals surface area contributed by atoms with Crippen LogP contribution in [-0.4, -0.2) is 36.1 Å². The largest absolute Gasteiger partial charge is 0.401 e. The summed E-state index contributed by atoms with van der Waals surface area (Å²) >= 11 is 5.53. The van der Waals surface area contributed by atoms with Crippen LogP contribution in [0.2, 0.25) is 0 Å². The number of unbranched alkanes of at least 4 members (excludes halogenated alkanes) is 3. The van der Waals surface area contributed by atoms with Crippen LogP contribution in [0.15, 0.2) is 0 Å². The molecule has 0 aromatic heterocycles. The lowest BCUT2D eigenvalue weighted by molar-refractivity contribution is -0.147. The molecule has 1 fully saturated rings. The van der Waals surface area contributed by atoms with Gasteiger partial charge in [-0.25, -0.2) is 0 Å². The zero-order valence-corrected chi connectivity index (χ0v) is 10.2. The quantitative estimate of drug-likeness (QED) is 0.472. The van der Waals surface area contributed by atoms with Crippen LogP contribution in [0, 0.1) is 0 Å². The van der Waals surface area contributed by atoms with Crippen LogP contribution >= 0.6 is 11.6 Å². The molecule has 0 atom stereocenters. The lowest BCUT2D eigenvalue weighted by Gasteiger charge is -2.23.